The van der Waals surface area contributed by atoms with Crippen LogP contribution in [0.15, 0.2) is 39.2 Å². The van der Waals surface area contributed by atoms with Crippen molar-refractivity contribution < 1.29 is 4.42 Å². The molecule has 0 aliphatic carbocycles. The molecule has 4 nitrogen and oxygen atoms in total. The molecule has 3 rings (SSSR count). The number of aromatic nitrogens is 1. The number of anilines is 3. The molecule has 0 radical (unpaired) electrons. The van der Waals surface area contributed by atoms with E-state index in [1.807, 2.05) is 0 Å². The Kier molecular flexibility index (Phi) is 3.50. The van der Waals surface area contributed by atoms with Gasteiger partial charge in [0.05, 0.1) is 21.4 Å². The van der Waals surface area contributed by atoms with Gasteiger partial charge in [-0.1, -0.05) is 29.3 Å². The maximum Gasteiger partial charge on any atom is 0.300 e. The van der Waals surface area contributed by atoms with Crippen LogP contribution in [0.3, 0.4) is 0 Å². The van der Waals surface area contributed by atoms with Crippen molar-refractivity contribution in [1.29, 1.82) is 0 Å². The van der Waals surface area contributed by atoms with Gasteiger partial charge in [-0.25, -0.2) is 0 Å². The summed E-state index contributed by atoms with van der Waals surface area (Å²) in [5.74, 6) is 0. The predicted molar refractivity (Wildman–Crippen MR) is 85.9 cm³/mol. The fourth-order valence-corrected chi connectivity index (χ4v) is 2.58. The highest BCUT2D eigenvalue weighted by molar-refractivity contribution is 9.10. The number of oxazole rings is 1. The van der Waals surface area contributed by atoms with Gasteiger partial charge >= 0.3 is 0 Å². The van der Waals surface area contributed by atoms with Gasteiger partial charge in [-0.15, -0.1) is 0 Å². The summed E-state index contributed by atoms with van der Waals surface area (Å²) in [7, 11) is 0. The van der Waals surface area contributed by atoms with E-state index in [-0.39, 0.29) is 0 Å². The van der Waals surface area contributed by atoms with Crippen molar-refractivity contribution in [3.8, 4) is 0 Å². The SMILES string of the molecule is Nc1cccc2oc(Nc3ccc(Br)c(Cl)c3Cl)nc12. The number of fused-ring (bicyclic) bond motifs is 1. The number of nitrogen functional groups attached to an aromatic ring is 1. The summed E-state index contributed by atoms with van der Waals surface area (Å²) < 4.78 is 6.28. The van der Waals surface area contributed by atoms with Crippen molar-refractivity contribution in [3.63, 3.8) is 0 Å². The third-order valence-electron chi connectivity index (χ3n) is 2.73. The first-order valence-corrected chi connectivity index (χ1v) is 7.16. The molecule has 20 heavy (non-hydrogen) atoms. The summed E-state index contributed by atoms with van der Waals surface area (Å²) in [5.41, 5.74) is 8.20. The molecule has 3 N–H and O–H groups in total. The van der Waals surface area contributed by atoms with Gasteiger partial charge in [-0.2, -0.15) is 4.98 Å². The zero-order chi connectivity index (χ0) is 14.3. The van der Waals surface area contributed by atoms with Crippen molar-refractivity contribution >= 4 is 67.6 Å². The van der Waals surface area contributed by atoms with E-state index in [4.69, 9.17) is 33.4 Å². The summed E-state index contributed by atoms with van der Waals surface area (Å²) in [6.45, 7) is 0. The largest absolute Gasteiger partial charge is 0.423 e. The Morgan fingerprint density at radius 2 is 1.95 bits per heavy atom. The van der Waals surface area contributed by atoms with Crippen molar-refractivity contribution in [2.24, 2.45) is 0 Å². The highest BCUT2D eigenvalue weighted by Crippen LogP contribution is 2.37. The molecule has 0 amide bonds. The van der Waals surface area contributed by atoms with E-state index < -0.39 is 0 Å². The Morgan fingerprint density at radius 1 is 1.15 bits per heavy atom. The van der Waals surface area contributed by atoms with E-state index in [0.29, 0.717) is 38.5 Å². The van der Waals surface area contributed by atoms with E-state index >= 15 is 0 Å². The number of nitrogens with two attached hydrogens (primary N) is 1. The molecule has 0 bridgehead atoms. The average Bonchev–Trinajstić information content (AvgIpc) is 2.84. The number of para-hydroxylation sites is 1. The van der Waals surface area contributed by atoms with Gasteiger partial charge in [0.15, 0.2) is 5.58 Å². The monoisotopic (exact) mass is 371 g/mol. The Labute approximate surface area is 133 Å². The first-order valence-electron chi connectivity index (χ1n) is 5.62. The molecule has 2 aromatic carbocycles. The number of nitrogens with zero attached hydrogens (tertiary/aromatic N) is 1. The minimum Gasteiger partial charge on any atom is -0.423 e. The molecule has 0 aliphatic heterocycles. The molecule has 0 saturated carbocycles. The van der Waals surface area contributed by atoms with Crippen LogP contribution in [0.1, 0.15) is 0 Å². The number of hydrogen-bond acceptors (Lipinski definition) is 4. The van der Waals surface area contributed by atoms with Crippen molar-refractivity contribution in [1.82, 2.24) is 4.98 Å². The highest BCUT2D eigenvalue weighted by Gasteiger charge is 2.12. The van der Waals surface area contributed by atoms with Crippen LogP contribution < -0.4 is 11.1 Å². The average molecular weight is 373 g/mol. The third kappa shape index (κ3) is 2.32. The molecule has 0 aliphatic rings. The van der Waals surface area contributed by atoms with Gasteiger partial charge in [-0.05, 0) is 40.2 Å². The topological polar surface area (TPSA) is 64.1 Å². The Hall–Kier alpha value is -1.43. The molecular weight excluding hydrogens is 365 g/mol. The van der Waals surface area contributed by atoms with Crippen LogP contribution in [0.5, 0.6) is 0 Å². The van der Waals surface area contributed by atoms with Gasteiger partial charge in [0.25, 0.3) is 6.01 Å². The Bertz CT molecular complexity index is 804. The lowest BCUT2D eigenvalue weighted by Gasteiger charge is -2.06. The number of benzene rings is 2. The van der Waals surface area contributed by atoms with Crippen molar-refractivity contribution in [2.45, 2.75) is 0 Å². The van der Waals surface area contributed by atoms with Gasteiger partial charge in [0, 0.05) is 4.47 Å². The van der Waals surface area contributed by atoms with Gasteiger partial charge in [0.1, 0.15) is 5.52 Å². The van der Waals surface area contributed by atoms with E-state index in [0.717, 1.165) is 4.47 Å². The Morgan fingerprint density at radius 3 is 2.70 bits per heavy atom. The van der Waals surface area contributed by atoms with Crippen molar-refractivity contribution in [3.05, 3.63) is 44.8 Å². The quantitative estimate of drug-likeness (QED) is 0.478. The first kappa shape index (κ1) is 13.5. The molecule has 102 valence electrons. The molecule has 7 heteroatoms. The van der Waals surface area contributed by atoms with E-state index in [1.165, 1.54) is 0 Å². The van der Waals surface area contributed by atoms with Crippen LogP contribution in [-0.2, 0) is 0 Å². The van der Waals surface area contributed by atoms with Gasteiger partial charge in [-0.3, -0.25) is 0 Å². The predicted octanol–water partition coefficient (Wildman–Crippen LogP) is 5.22. The molecule has 1 heterocycles. The summed E-state index contributed by atoms with van der Waals surface area (Å²) in [6.07, 6.45) is 0. The molecule has 0 spiro atoms. The lowest BCUT2D eigenvalue weighted by molar-refractivity contribution is 0.623. The molecule has 0 unspecified atom stereocenters. The number of halogens is 3. The maximum absolute atomic E-state index is 6.16. The number of nitrogens with one attached hydrogen (secondary N) is 1. The van der Waals surface area contributed by atoms with Crippen LogP contribution >= 0.6 is 39.1 Å². The molecular formula is C13H8BrCl2N3O. The Balaban J connectivity index is 2.01. The summed E-state index contributed by atoms with van der Waals surface area (Å²) >= 11 is 15.5. The lowest BCUT2D eigenvalue weighted by atomic mass is 10.3. The van der Waals surface area contributed by atoms with E-state index in [2.05, 4.69) is 26.2 Å². The minimum absolute atomic E-state index is 0.304. The highest BCUT2D eigenvalue weighted by atomic mass is 79.9. The maximum atomic E-state index is 6.16. The first-order chi connectivity index (χ1) is 9.56. The normalized spacial score (nSPS) is 10.9. The van der Waals surface area contributed by atoms with Gasteiger partial charge < -0.3 is 15.5 Å². The van der Waals surface area contributed by atoms with Crippen LogP contribution in [0.2, 0.25) is 10.0 Å². The van der Waals surface area contributed by atoms with Crippen molar-refractivity contribution in [2.75, 3.05) is 11.1 Å². The summed E-state index contributed by atoms with van der Waals surface area (Å²) in [5, 5.41) is 3.80. The fraction of sp³-hybridized carbons (Fsp3) is 0. The smallest absolute Gasteiger partial charge is 0.300 e. The fourth-order valence-electron chi connectivity index (χ4n) is 1.76. The summed E-state index contributed by atoms with van der Waals surface area (Å²) in [4.78, 5) is 4.28. The zero-order valence-corrected chi connectivity index (χ0v) is 13.1. The standard InChI is InChI=1S/C13H8BrCl2N3O/c14-6-4-5-8(11(16)10(6)15)18-13-19-12-7(17)2-1-3-9(12)20-13/h1-5H,17H2,(H,18,19). The number of hydrogen-bond donors (Lipinski definition) is 2. The molecule has 0 atom stereocenters. The second-order valence-corrected chi connectivity index (χ2v) is 5.67. The van der Waals surface area contributed by atoms with Crippen LogP contribution in [0, 0.1) is 0 Å². The summed E-state index contributed by atoms with van der Waals surface area (Å²) in [6, 6.07) is 9.22. The zero-order valence-electron chi connectivity index (χ0n) is 9.95. The van der Waals surface area contributed by atoms with Crippen LogP contribution in [-0.4, -0.2) is 4.98 Å². The molecule has 1 aromatic heterocycles. The van der Waals surface area contributed by atoms with Crippen LogP contribution in [0.4, 0.5) is 17.4 Å². The van der Waals surface area contributed by atoms with Gasteiger partial charge in [0.2, 0.25) is 0 Å². The lowest BCUT2D eigenvalue weighted by Crippen LogP contribution is -1.92. The molecule has 0 saturated heterocycles. The molecule has 3 aromatic rings. The molecule has 0 fully saturated rings. The van der Waals surface area contributed by atoms with Crippen LogP contribution in [0.25, 0.3) is 11.1 Å². The second kappa shape index (κ2) is 5.16. The van der Waals surface area contributed by atoms with E-state index in [9.17, 15) is 0 Å². The van der Waals surface area contributed by atoms with E-state index in [1.54, 1.807) is 30.3 Å². The minimum atomic E-state index is 0.304. The third-order valence-corrected chi connectivity index (χ3v) is 4.50. The number of rotatable bonds is 2. The second-order valence-electron chi connectivity index (χ2n) is 4.06.